The van der Waals surface area contributed by atoms with E-state index in [-0.39, 0.29) is 5.82 Å². The summed E-state index contributed by atoms with van der Waals surface area (Å²) < 4.78 is 1.60. The van der Waals surface area contributed by atoms with Crippen molar-refractivity contribution in [1.82, 2.24) is 14.8 Å². The van der Waals surface area contributed by atoms with Crippen LogP contribution in [0, 0.1) is 13.8 Å². The van der Waals surface area contributed by atoms with E-state index in [1.807, 2.05) is 62.4 Å². The molecule has 0 radical (unpaired) electrons. The lowest BCUT2D eigenvalue weighted by Crippen LogP contribution is -2.15. The maximum Gasteiger partial charge on any atom is 0.295 e. The first kappa shape index (κ1) is 20.1. The monoisotopic (exact) mass is 436 g/mol. The minimum Gasteiger partial charge on any atom is -0.319 e. The number of aromatic nitrogens is 3. The topological polar surface area (TPSA) is 59.8 Å². The van der Waals surface area contributed by atoms with Gasteiger partial charge in [0.25, 0.3) is 5.91 Å². The van der Waals surface area contributed by atoms with E-state index in [1.54, 1.807) is 22.9 Å². The molecule has 0 spiro atoms. The predicted molar refractivity (Wildman–Crippen MR) is 121 cm³/mol. The molecule has 0 saturated carbocycles. The highest BCUT2D eigenvalue weighted by atomic mass is 35.5. The highest BCUT2D eigenvalue weighted by Gasteiger charge is 2.20. The Bertz CT molecular complexity index is 1250. The summed E-state index contributed by atoms with van der Waals surface area (Å²) in [6.45, 7) is 3.85. The quantitative estimate of drug-likeness (QED) is 0.419. The summed E-state index contributed by atoms with van der Waals surface area (Å²) in [5.41, 5.74) is 4.04. The third-order valence-electron chi connectivity index (χ3n) is 4.69. The molecule has 4 rings (SSSR count). The summed E-state index contributed by atoms with van der Waals surface area (Å²) >= 11 is 12.5. The van der Waals surface area contributed by atoms with Crippen LogP contribution in [0.25, 0.3) is 17.1 Å². The van der Waals surface area contributed by atoms with Crippen LogP contribution < -0.4 is 5.32 Å². The van der Waals surface area contributed by atoms with Gasteiger partial charge in [0.1, 0.15) is 0 Å². The molecule has 30 heavy (non-hydrogen) atoms. The molecule has 7 heteroatoms. The first-order valence-electron chi connectivity index (χ1n) is 9.29. The van der Waals surface area contributed by atoms with Crippen LogP contribution in [0.5, 0.6) is 0 Å². The van der Waals surface area contributed by atoms with Crippen LogP contribution in [0.15, 0.2) is 66.7 Å². The molecule has 1 amide bonds. The number of hydrogen-bond acceptors (Lipinski definition) is 3. The zero-order valence-corrected chi connectivity index (χ0v) is 17.9. The Morgan fingerprint density at radius 2 is 1.73 bits per heavy atom. The Kier molecular flexibility index (Phi) is 5.57. The van der Waals surface area contributed by atoms with Crippen molar-refractivity contribution in [3.05, 3.63) is 93.7 Å². The van der Waals surface area contributed by atoms with Gasteiger partial charge >= 0.3 is 0 Å². The molecule has 0 fully saturated rings. The zero-order chi connectivity index (χ0) is 21.3. The van der Waals surface area contributed by atoms with Gasteiger partial charge in [-0.3, -0.25) is 4.79 Å². The van der Waals surface area contributed by atoms with Crippen LogP contribution in [0.2, 0.25) is 10.0 Å². The molecule has 0 saturated heterocycles. The Balaban J connectivity index is 1.80. The van der Waals surface area contributed by atoms with E-state index >= 15 is 0 Å². The molecule has 0 unspecified atom stereocenters. The van der Waals surface area contributed by atoms with Gasteiger partial charge in [-0.2, -0.15) is 0 Å². The largest absolute Gasteiger partial charge is 0.319 e. The van der Waals surface area contributed by atoms with Crippen molar-refractivity contribution in [2.45, 2.75) is 13.8 Å². The number of amides is 1. The normalized spacial score (nSPS) is 10.8. The first-order chi connectivity index (χ1) is 14.4. The van der Waals surface area contributed by atoms with Crippen LogP contribution >= 0.6 is 23.2 Å². The highest BCUT2D eigenvalue weighted by Crippen LogP contribution is 2.26. The smallest absolute Gasteiger partial charge is 0.295 e. The molecule has 1 N–H and O–H groups in total. The summed E-state index contributed by atoms with van der Waals surface area (Å²) in [5, 5.41) is 8.51. The molecule has 0 bridgehead atoms. The van der Waals surface area contributed by atoms with Gasteiger partial charge in [-0.1, -0.05) is 59.6 Å². The third-order valence-corrected chi connectivity index (χ3v) is 5.33. The number of benzene rings is 3. The van der Waals surface area contributed by atoms with E-state index in [9.17, 15) is 4.79 Å². The number of halogens is 2. The lowest BCUT2D eigenvalue weighted by Gasteiger charge is -2.08. The highest BCUT2D eigenvalue weighted by molar-refractivity contribution is 6.31. The average Bonchev–Trinajstić information content (AvgIpc) is 3.17. The Labute approximate surface area is 184 Å². The fourth-order valence-corrected chi connectivity index (χ4v) is 3.37. The van der Waals surface area contributed by atoms with E-state index in [2.05, 4.69) is 15.4 Å². The first-order valence-corrected chi connectivity index (χ1v) is 10.0. The van der Waals surface area contributed by atoms with Crippen molar-refractivity contribution in [1.29, 1.82) is 0 Å². The Hall–Kier alpha value is -3.15. The van der Waals surface area contributed by atoms with E-state index in [4.69, 9.17) is 23.2 Å². The number of hydrogen-bond donors (Lipinski definition) is 1. The van der Waals surface area contributed by atoms with Crippen LogP contribution in [0.4, 0.5) is 5.69 Å². The van der Waals surface area contributed by atoms with Crippen LogP contribution in [0.3, 0.4) is 0 Å². The van der Waals surface area contributed by atoms with Crippen LogP contribution in [-0.2, 0) is 0 Å². The second-order valence-electron chi connectivity index (χ2n) is 6.88. The summed E-state index contributed by atoms with van der Waals surface area (Å²) in [6.07, 6.45) is 0. The SMILES string of the molecule is Cc1ccc(-n2nc(C(=O)Nc3ccccc3C)nc2-c2cccc(Cl)c2)cc1Cl. The van der Waals surface area contributed by atoms with E-state index in [1.165, 1.54) is 0 Å². The molecule has 0 aliphatic carbocycles. The molecular weight excluding hydrogens is 419 g/mol. The third kappa shape index (κ3) is 4.08. The second-order valence-corrected chi connectivity index (χ2v) is 7.73. The summed E-state index contributed by atoms with van der Waals surface area (Å²) in [6, 6.07) is 20.4. The second kappa shape index (κ2) is 8.30. The summed E-state index contributed by atoms with van der Waals surface area (Å²) in [4.78, 5) is 17.4. The number of carbonyl (C=O) groups excluding carboxylic acids is 1. The number of rotatable bonds is 4. The molecule has 4 aromatic rings. The van der Waals surface area contributed by atoms with Gasteiger partial charge in [0.15, 0.2) is 5.82 Å². The van der Waals surface area contributed by atoms with Gasteiger partial charge in [-0.25, -0.2) is 9.67 Å². The molecule has 150 valence electrons. The molecule has 5 nitrogen and oxygen atoms in total. The number of aryl methyl sites for hydroxylation is 2. The minimum atomic E-state index is -0.399. The molecule has 0 aliphatic heterocycles. The van der Waals surface area contributed by atoms with Gasteiger partial charge in [0.2, 0.25) is 5.82 Å². The summed E-state index contributed by atoms with van der Waals surface area (Å²) in [5.74, 6) is 0.141. The molecule has 1 heterocycles. The van der Waals surface area contributed by atoms with Crippen molar-refractivity contribution >= 4 is 34.8 Å². The standard InChI is InChI=1S/C23H18Cl2N4O/c1-14-10-11-18(13-19(14)25)29-22(16-7-5-8-17(24)12-16)27-21(28-29)23(30)26-20-9-4-3-6-15(20)2/h3-13H,1-2H3,(H,26,30). The molecule has 1 aromatic heterocycles. The minimum absolute atomic E-state index is 0.0462. The summed E-state index contributed by atoms with van der Waals surface area (Å²) in [7, 11) is 0. The van der Waals surface area contributed by atoms with Crippen molar-refractivity contribution in [3.63, 3.8) is 0 Å². The van der Waals surface area contributed by atoms with Gasteiger partial charge in [-0.05, 0) is 55.3 Å². The van der Waals surface area contributed by atoms with Crippen molar-refractivity contribution in [2.75, 3.05) is 5.32 Å². The molecule has 0 atom stereocenters. The van der Waals surface area contributed by atoms with Gasteiger partial charge in [0, 0.05) is 21.3 Å². The van der Waals surface area contributed by atoms with E-state index in [0.717, 1.165) is 16.7 Å². The van der Waals surface area contributed by atoms with E-state index < -0.39 is 5.91 Å². The number of nitrogens with one attached hydrogen (secondary N) is 1. The Morgan fingerprint density at radius 1 is 0.933 bits per heavy atom. The Morgan fingerprint density at radius 3 is 2.47 bits per heavy atom. The van der Waals surface area contributed by atoms with Crippen LogP contribution in [0.1, 0.15) is 21.7 Å². The van der Waals surface area contributed by atoms with Crippen LogP contribution in [-0.4, -0.2) is 20.7 Å². The lowest BCUT2D eigenvalue weighted by molar-refractivity contribution is 0.101. The van der Waals surface area contributed by atoms with Crippen molar-refractivity contribution in [2.24, 2.45) is 0 Å². The zero-order valence-electron chi connectivity index (χ0n) is 16.4. The maximum absolute atomic E-state index is 12.9. The maximum atomic E-state index is 12.9. The van der Waals surface area contributed by atoms with Crippen molar-refractivity contribution in [3.8, 4) is 17.1 Å². The van der Waals surface area contributed by atoms with E-state index in [0.29, 0.717) is 27.2 Å². The number of carbonyl (C=O) groups is 1. The van der Waals surface area contributed by atoms with Gasteiger partial charge in [-0.15, -0.1) is 5.10 Å². The van der Waals surface area contributed by atoms with Gasteiger partial charge < -0.3 is 5.32 Å². The predicted octanol–water partition coefficient (Wildman–Crippen LogP) is 6.11. The number of nitrogens with zero attached hydrogens (tertiary/aromatic N) is 3. The fourth-order valence-electron chi connectivity index (χ4n) is 3.01. The average molecular weight is 437 g/mol. The molecule has 0 aliphatic rings. The van der Waals surface area contributed by atoms with Crippen molar-refractivity contribution < 1.29 is 4.79 Å². The molecular formula is C23H18Cl2N4O. The fraction of sp³-hybridized carbons (Fsp3) is 0.0870. The molecule has 3 aromatic carbocycles. The number of para-hydroxylation sites is 1. The number of anilines is 1. The van der Waals surface area contributed by atoms with Gasteiger partial charge in [0.05, 0.1) is 5.69 Å². The lowest BCUT2D eigenvalue weighted by atomic mass is 10.2.